The summed E-state index contributed by atoms with van der Waals surface area (Å²) in [5, 5.41) is 0. The molecule has 0 amide bonds. The van der Waals surface area contributed by atoms with Gasteiger partial charge in [-0.3, -0.25) is 0 Å². The first-order chi connectivity index (χ1) is 6.42. The Hall–Kier alpha value is -0.645. The predicted octanol–water partition coefficient (Wildman–Crippen LogP) is 3.02. The molecule has 0 bridgehead atoms. The van der Waals surface area contributed by atoms with E-state index in [2.05, 4.69) is 20.7 Å². The fourth-order valence-electron chi connectivity index (χ4n) is 0.905. The van der Waals surface area contributed by atoms with Crippen LogP contribution in [0.15, 0.2) is 22.7 Å². The summed E-state index contributed by atoms with van der Waals surface area (Å²) in [5.41, 5.74) is 0.562. The molecule has 0 saturated carbocycles. The Kier molecular flexibility index (Phi) is 3.47. The van der Waals surface area contributed by atoms with Crippen LogP contribution in [0, 0.1) is 0 Å². The van der Waals surface area contributed by atoms with E-state index in [1.807, 2.05) is 0 Å². The Balaban J connectivity index is 2.90. The van der Waals surface area contributed by atoms with Crippen LogP contribution in [-0.2, 0) is 6.32 Å². The van der Waals surface area contributed by atoms with Crippen LogP contribution in [0.3, 0.4) is 0 Å². The Labute approximate surface area is 88.8 Å². The molecule has 0 heterocycles. The molecule has 0 saturated heterocycles. The van der Waals surface area contributed by atoms with E-state index in [0.29, 0.717) is 10.0 Å². The van der Waals surface area contributed by atoms with Crippen molar-refractivity contribution in [3.8, 4) is 5.75 Å². The molecule has 1 nitrogen and oxygen atoms in total. The number of hydrogen-bond acceptors (Lipinski definition) is 1. The van der Waals surface area contributed by atoms with Gasteiger partial charge in [-0.1, -0.05) is 22.3 Å². The fraction of sp³-hybridized carbons (Fsp3) is 0.250. The summed E-state index contributed by atoms with van der Waals surface area (Å²) >= 11 is 3.15. The van der Waals surface area contributed by atoms with Gasteiger partial charge in [-0.2, -0.15) is 0 Å². The van der Waals surface area contributed by atoms with Gasteiger partial charge in [-0.15, -0.1) is 13.2 Å². The summed E-state index contributed by atoms with van der Waals surface area (Å²) in [6.07, 6.45) is -4.52. The van der Waals surface area contributed by atoms with E-state index in [1.54, 1.807) is 0 Å². The molecule has 6 heteroatoms. The third-order valence-electron chi connectivity index (χ3n) is 1.47. The maximum Gasteiger partial charge on any atom is 0.573 e. The number of alkyl halides is 3. The van der Waals surface area contributed by atoms with Gasteiger partial charge in [0.25, 0.3) is 0 Å². The van der Waals surface area contributed by atoms with Crippen molar-refractivity contribution in [2.24, 2.45) is 0 Å². The minimum atomic E-state index is -4.67. The molecular weight excluding hydrogens is 260 g/mol. The average molecular weight is 265 g/mol. The van der Waals surface area contributed by atoms with E-state index in [-0.39, 0.29) is 12.1 Å². The second-order valence-electron chi connectivity index (χ2n) is 2.51. The van der Waals surface area contributed by atoms with Crippen molar-refractivity contribution in [3.05, 3.63) is 28.2 Å². The average Bonchev–Trinajstić information content (AvgIpc) is 2.06. The number of benzene rings is 1. The van der Waals surface area contributed by atoms with Gasteiger partial charge in [-0.25, -0.2) is 0 Å². The van der Waals surface area contributed by atoms with Crippen molar-refractivity contribution >= 4 is 23.8 Å². The van der Waals surface area contributed by atoms with Crippen LogP contribution in [0.5, 0.6) is 5.75 Å². The first kappa shape index (κ1) is 11.4. The van der Waals surface area contributed by atoms with Gasteiger partial charge in [0, 0.05) is 4.47 Å². The molecule has 0 atom stereocenters. The van der Waals surface area contributed by atoms with Crippen LogP contribution >= 0.6 is 15.9 Å². The van der Waals surface area contributed by atoms with Gasteiger partial charge in [-0.05, 0) is 23.8 Å². The first-order valence-corrected chi connectivity index (χ1v) is 4.46. The summed E-state index contributed by atoms with van der Waals surface area (Å²) in [6, 6.07) is 3.93. The van der Waals surface area contributed by atoms with E-state index < -0.39 is 6.36 Å². The van der Waals surface area contributed by atoms with Crippen LogP contribution in [-0.4, -0.2) is 14.2 Å². The summed E-state index contributed by atoms with van der Waals surface area (Å²) in [6.45, 7) is 0. The van der Waals surface area contributed by atoms with Gasteiger partial charge in [0.05, 0.1) is 7.85 Å². The minimum absolute atomic E-state index is 0.148. The van der Waals surface area contributed by atoms with E-state index in [1.165, 1.54) is 18.2 Å². The molecule has 0 fully saturated rings. The molecule has 0 unspecified atom stereocenters. The second-order valence-corrected chi connectivity index (χ2v) is 3.36. The topological polar surface area (TPSA) is 9.23 Å². The zero-order valence-corrected chi connectivity index (χ0v) is 8.52. The smallest absolute Gasteiger partial charge is 0.406 e. The van der Waals surface area contributed by atoms with Crippen LogP contribution in [0.25, 0.3) is 0 Å². The van der Waals surface area contributed by atoms with Gasteiger partial charge < -0.3 is 4.74 Å². The Bertz CT molecular complexity index is 327. The fourth-order valence-corrected chi connectivity index (χ4v) is 1.31. The Morgan fingerprint density at radius 2 is 2.00 bits per heavy atom. The number of ether oxygens (including phenoxy) is 1. The molecule has 1 rings (SSSR count). The summed E-state index contributed by atoms with van der Waals surface area (Å²) < 4.78 is 39.8. The largest absolute Gasteiger partial charge is 0.573 e. The molecule has 0 aromatic heterocycles. The minimum Gasteiger partial charge on any atom is -0.406 e. The maximum atomic E-state index is 11.8. The van der Waals surface area contributed by atoms with Crippen LogP contribution in [0.4, 0.5) is 13.2 Å². The third kappa shape index (κ3) is 3.25. The van der Waals surface area contributed by atoms with Crippen LogP contribution in [0.1, 0.15) is 5.56 Å². The van der Waals surface area contributed by atoms with Gasteiger partial charge in [0.15, 0.2) is 0 Å². The van der Waals surface area contributed by atoms with Crippen molar-refractivity contribution in [3.63, 3.8) is 0 Å². The lowest BCUT2D eigenvalue weighted by Gasteiger charge is -2.10. The van der Waals surface area contributed by atoms with Crippen LogP contribution in [0.2, 0.25) is 0 Å². The highest BCUT2D eigenvalue weighted by Gasteiger charge is 2.31. The normalized spacial score (nSPS) is 11.4. The van der Waals surface area contributed by atoms with Crippen molar-refractivity contribution in [1.29, 1.82) is 0 Å². The highest BCUT2D eigenvalue weighted by Crippen LogP contribution is 2.27. The van der Waals surface area contributed by atoms with Gasteiger partial charge in [0.1, 0.15) is 5.75 Å². The highest BCUT2D eigenvalue weighted by molar-refractivity contribution is 9.10. The highest BCUT2D eigenvalue weighted by atomic mass is 79.9. The van der Waals surface area contributed by atoms with Crippen molar-refractivity contribution in [2.75, 3.05) is 0 Å². The van der Waals surface area contributed by atoms with Gasteiger partial charge >= 0.3 is 6.36 Å². The number of halogens is 4. The van der Waals surface area contributed by atoms with E-state index in [9.17, 15) is 13.2 Å². The molecule has 0 spiro atoms. The second kappa shape index (κ2) is 4.25. The molecule has 2 radical (unpaired) electrons. The lowest BCUT2D eigenvalue weighted by atomic mass is 9.97. The quantitative estimate of drug-likeness (QED) is 0.747. The van der Waals surface area contributed by atoms with Crippen molar-refractivity contribution in [1.82, 2.24) is 0 Å². The summed E-state index contributed by atoms with van der Waals surface area (Å²) in [4.78, 5) is 0. The molecule has 0 aliphatic rings. The lowest BCUT2D eigenvalue weighted by molar-refractivity contribution is -0.274. The summed E-state index contributed by atoms with van der Waals surface area (Å²) in [5.74, 6) is -0.263. The van der Waals surface area contributed by atoms with E-state index in [4.69, 9.17) is 7.85 Å². The molecule has 74 valence electrons. The first-order valence-electron chi connectivity index (χ1n) is 3.66. The number of hydrogen-bond donors (Lipinski definition) is 0. The van der Waals surface area contributed by atoms with Crippen molar-refractivity contribution in [2.45, 2.75) is 12.7 Å². The van der Waals surface area contributed by atoms with Gasteiger partial charge in [0.2, 0.25) is 0 Å². The molecule has 0 aliphatic heterocycles. The van der Waals surface area contributed by atoms with E-state index in [0.717, 1.165) is 0 Å². The van der Waals surface area contributed by atoms with E-state index >= 15 is 0 Å². The van der Waals surface area contributed by atoms with Crippen LogP contribution < -0.4 is 4.74 Å². The Morgan fingerprint density at radius 1 is 1.36 bits per heavy atom. The zero-order chi connectivity index (χ0) is 10.8. The standard InChI is InChI=1S/C8H5BBrF3O/c9-4-5-3-6(1-2-7(5)10)14-8(11,12)13/h1-3H,4H2. The molecule has 1 aromatic rings. The predicted molar refractivity (Wildman–Crippen MR) is 50.3 cm³/mol. The lowest BCUT2D eigenvalue weighted by Crippen LogP contribution is -2.17. The SMILES string of the molecule is [B]Cc1cc(OC(F)(F)F)ccc1Br. The zero-order valence-electron chi connectivity index (χ0n) is 6.94. The third-order valence-corrected chi connectivity index (χ3v) is 2.24. The summed E-state index contributed by atoms with van der Waals surface area (Å²) in [7, 11) is 5.32. The molecule has 1 aromatic carbocycles. The molecule has 0 N–H and O–H groups in total. The number of rotatable bonds is 2. The Morgan fingerprint density at radius 3 is 2.50 bits per heavy atom. The molecule has 14 heavy (non-hydrogen) atoms. The monoisotopic (exact) mass is 264 g/mol. The molecular formula is C8H5BBrF3O. The van der Waals surface area contributed by atoms with Crippen molar-refractivity contribution < 1.29 is 17.9 Å². The molecule has 0 aliphatic carbocycles. The maximum absolute atomic E-state index is 11.8.